The Morgan fingerprint density at radius 3 is 1.48 bits per heavy atom. The zero-order valence-corrected chi connectivity index (χ0v) is 32.3. The van der Waals surface area contributed by atoms with Crippen LogP contribution in [0.3, 0.4) is 0 Å². The fourth-order valence-corrected chi connectivity index (χ4v) is 8.88. The number of rotatable bonds is 6. The maximum absolute atomic E-state index is 6.95. The number of nitrogens with zero attached hydrogens (tertiary/aromatic N) is 4. The second-order valence-corrected chi connectivity index (χ2v) is 15.2. The van der Waals surface area contributed by atoms with E-state index in [4.69, 9.17) is 19.4 Å². The fraction of sp³-hybridized carbons (Fsp3) is 0. The van der Waals surface area contributed by atoms with Crippen molar-refractivity contribution in [3.8, 4) is 62.1 Å². The van der Waals surface area contributed by atoms with Gasteiger partial charge in [0.15, 0.2) is 17.5 Å². The van der Waals surface area contributed by atoms with Crippen molar-refractivity contribution in [3.05, 3.63) is 206 Å². The Labute approximate surface area is 345 Å². The van der Waals surface area contributed by atoms with E-state index in [9.17, 15) is 0 Å². The maximum Gasteiger partial charge on any atom is 0.164 e. The van der Waals surface area contributed by atoms with Crippen LogP contribution in [0, 0.1) is 0 Å². The number of fused-ring (bicyclic) bond motifs is 8. The third-order valence-electron chi connectivity index (χ3n) is 11.6. The zero-order chi connectivity index (χ0) is 39.6. The predicted molar refractivity (Wildman–Crippen MR) is 246 cm³/mol. The molecule has 0 aliphatic carbocycles. The molecule has 0 N–H and O–H groups in total. The summed E-state index contributed by atoms with van der Waals surface area (Å²) < 4.78 is 9.40. The van der Waals surface area contributed by atoms with Crippen molar-refractivity contribution in [1.82, 2.24) is 19.5 Å². The first-order chi connectivity index (χ1) is 29.7. The second kappa shape index (κ2) is 13.8. The van der Waals surface area contributed by atoms with Crippen LogP contribution < -0.4 is 0 Å². The van der Waals surface area contributed by atoms with Crippen LogP contribution in [-0.4, -0.2) is 19.5 Å². The van der Waals surface area contributed by atoms with Gasteiger partial charge in [-0.1, -0.05) is 170 Å². The Hall–Kier alpha value is -8.15. The first-order valence-corrected chi connectivity index (χ1v) is 20.2. The Morgan fingerprint density at radius 1 is 0.317 bits per heavy atom. The van der Waals surface area contributed by atoms with Gasteiger partial charge in [-0.15, -0.1) is 0 Å². The Kier molecular flexibility index (Phi) is 7.78. The first-order valence-electron chi connectivity index (χ1n) is 20.2. The van der Waals surface area contributed by atoms with Gasteiger partial charge in [0.05, 0.1) is 22.1 Å². The lowest BCUT2D eigenvalue weighted by atomic mass is 9.95. The Balaban J connectivity index is 1.14. The minimum Gasteiger partial charge on any atom is -0.456 e. The van der Waals surface area contributed by atoms with Gasteiger partial charge in [0.25, 0.3) is 0 Å². The summed E-state index contributed by atoms with van der Waals surface area (Å²) in [5.74, 6) is 1.82. The van der Waals surface area contributed by atoms with Crippen LogP contribution in [0.5, 0.6) is 0 Å². The van der Waals surface area contributed by atoms with Crippen LogP contribution in [0.2, 0.25) is 0 Å². The molecular weight excluding hydrogens is 733 g/mol. The van der Waals surface area contributed by atoms with Crippen molar-refractivity contribution in [2.75, 3.05) is 0 Å². The van der Waals surface area contributed by atoms with E-state index >= 15 is 0 Å². The fourth-order valence-electron chi connectivity index (χ4n) is 8.88. The van der Waals surface area contributed by atoms with Crippen molar-refractivity contribution < 1.29 is 4.42 Å². The summed E-state index contributed by atoms with van der Waals surface area (Å²) in [6.07, 6.45) is 0. The summed E-state index contributed by atoms with van der Waals surface area (Å²) in [6.45, 7) is 0. The third kappa shape index (κ3) is 5.52. The maximum atomic E-state index is 6.95. The molecule has 0 atom stereocenters. The molecule has 5 nitrogen and oxygen atoms in total. The van der Waals surface area contributed by atoms with Gasteiger partial charge in [-0.05, 0) is 69.4 Å². The molecule has 0 radical (unpaired) electrons. The van der Waals surface area contributed by atoms with Crippen molar-refractivity contribution >= 4 is 54.5 Å². The van der Waals surface area contributed by atoms with E-state index in [0.717, 1.165) is 66.5 Å². The normalized spacial score (nSPS) is 11.7. The molecule has 12 rings (SSSR count). The molecule has 3 aromatic heterocycles. The van der Waals surface area contributed by atoms with Gasteiger partial charge >= 0.3 is 0 Å². The third-order valence-corrected chi connectivity index (χ3v) is 11.6. The van der Waals surface area contributed by atoms with Gasteiger partial charge in [0.2, 0.25) is 0 Å². The second-order valence-electron chi connectivity index (χ2n) is 15.2. The van der Waals surface area contributed by atoms with Crippen molar-refractivity contribution in [2.45, 2.75) is 0 Å². The number of hydrogen-bond donors (Lipinski definition) is 0. The number of furan rings is 1. The topological polar surface area (TPSA) is 56.7 Å². The van der Waals surface area contributed by atoms with Gasteiger partial charge in [0.1, 0.15) is 11.2 Å². The summed E-state index contributed by atoms with van der Waals surface area (Å²) in [6, 6.07) is 72.2. The number of hydrogen-bond acceptors (Lipinski definition) is 4. The SMILES string of the molecule is c1ccc(-c2cc(-n3c4ccccc4c4c5ccccc5c(-c5ccccc5)cc43)c3c(c2)oc2cc(-c4nc(-c5ccccc5)nc(-c5ccccc5)n4)ccc23)cc1. The van der Waals surface area contributed by atoms with Gasteiger partial charge in [-0.25, -0.2) is 15.0 Å². The highest BCUT2D eigenvalue weighted by Crippen LogP contribution is 2.45. The summed E-state index contributed by atoms with van der Waals surface area (Å²) in [4.78, 5) is 15.0. The van der Waals surface area contributed by atoms with Crippen LogP contribution in [0.25, 0.3) is 117 Å². The van der Waals surface area contributed by atoms with E-state index in [1.54, 1.807) is 0 Å². The summed E-state index contributed by atoms with van der Waals surface area (Å²) >= 11 is 0. The predicted octanol–water partition coefficient (Wildman–Crippen LogP) is 14.4. The molecule has 0 spiro atoms. The molecule has 5 heteroatoms. The molecule has 12 aromatic rings. The quantitative estimate of drug-likeness (QED) is 0.169. The van der Waals surface area contributed by atoms with Gasteiger partial charge < -0.3 is 8.98 Å². The van der Waals surface area contributed by atoms with E-state index in [1.807, 2.05) is 60.7 Å². The largest absolute Gasteiger partial charge is 0.456 e. The molecule has 0 saturated heterocycles. The lowest BCUT2D eigenvalue weighted by Gasteiger charge is -2.14. The van der Waals surface area contributed by atoms with Gasteiger partial charge in [-0.2, -0.15) is 0 Å². The average Bonchev–Trinajstić information content (AvgIpc) is 3.87. The van der Waals surface area contributed by atoms with E-state index < -0.39 is 0 Å². The molecule has 9 aromatic carbocycles. The standard InChI is InChI=1S/C55H34N4O/c1-5-17-35(18-6-1)40-31-47(59-46-28-16-15-27-43(46)51-42-26-14-13-25-41(42)45(34-48(51)59)36-19-7-2-8-20-36)52-44-30-29-39(32-49(44)60-50(52)33-40)55-57-53(37-21-9-3-10-22-37)56-54(58-55)38-23-11-4-12-24-38/h1-34H. The van der Waals surface area contributed by atoms with Crippen LogP contribution in [-0.2, 0) is 0 Å². The highest BCUT2D eigenvalue weighted by molar-refractivity contribution is 6.25. The van der Waals surface area contributed by atoms with Gasteiger partial charge in [0, 0.05) is 32.8 Å². The minimum absolute atomic E-state index is 0.581. The zero-order valence-electron chi connectivity index (χ0n) is 32.3. The number of para-hydroxylation sites is 1. The molecule has 0 amide bonds. The minimum atomic E-state index is 0.581. The Bertz CT molecular complexity index is 3520. The van der Waals surface area contributed by atoms with E-state index in [1.165, 1.54) is 32.7 Å². The lowest BCUT2D eigenvalue weighted by Crippen LogP contribution is -2.00. The monoisotopic (exact) mass is 766 g/mol. The number of benzene rings is 9. The van der Waals surface area contributed by atoms with Crippen molar-refractivity contribution in [3.63, 3.8) is 0 Å². The van der Waals surface area contributed by atoms with E-state index in [-0.39, 0.29) is 0 Å². The summed E-state index contributed by atoms with van der Waals surface area (Å²) in [5, 5.41) is 6.94. The molecule has 3 heterocycles. The molecule has 0 fully saturated rings. The number of aromatic nitrogens is 4. The lowest BCUT2D eigenvalue weighted by molar-refractivity contribution is 0.669. The smallest absolute Gasteiger partial charge is 0.164 e. The van der Waals surface area contributed by atoms with Crippen LogP contribution in [0.4, 0.5) is 0 Å². The van der Waals surface area contributed by atoms with Crippen molar-refractivity contribution in [2.24, 2.45) is 0 Å². The molecule has 280 valence electrons. The molecule has 60 heavy (non-hydrogen) atoms. The van der Waals surface area contributed by atoms with Crippen LogP contribution in [0.1, 0.15) is 0 Å². The van der Waals surface area contributed by atoms with E-state index in [0.29, 0.717) is 17.5 Å². The molecule has 0 saturated carbocycles. The van der Waals surface area contributed by atoms with Crippen LogP contribution in [0.15, 0.2) is 211 Å². The summed E-state index contributed by atoms with van der Waals surface area (Å²) in [7, 11) is 0. The van der Waals surface area contributed by atoms with Crippen LogP contribution >= 0.6 is 0 Å². The molecular formula is C55H34N4O. The molecule has 0 unspecified atom stereocenters. The molecule has 0 aliphatic heterocycles. The highest BCUT2D eigenvalue weighted by atomic mass is 16.3. The highest BCUT2D eigenvalue weighted by Gasteiger charge is 2.23. The van der Waals surface area contributed by atoms with Crippen molar-refractivity contribution in [1.29, 1.82) is 0 Å². The summed E-state index contributed by atoms with van der Waals surface area (Å²) in [5.41, 5.74) is 12.2. The van der Waals surface area contributed by atoms with Gasteiger partial charge in [-0.3, -0.25) is 0 Å². The van der Waals surface area contributed by atoms with E-state index in [2.05, 4.69) is 150 Å². The molecule has 0 aliphatic rings. The average molecular weight is 767 g/mol. The Morgan fingerprint density at radius 2 is 0.833 bits per heavy atom. The molecule has 0 bridgehead atoms. The first kappa shape index (κ1) is 33.9.